The first-order valence-corrected chi connectivity index (χ1v) is 9.19. The van der Waals surface area contributed by atoms with E-state index in [1.807, 2.05) is 30.3 Å². The van der Waals surface area contributed by atoms with Gasteiger partial charge < -0.3 is 5.32 Å². The SMILES string of the molecule is CCCc1ccc(C2=CNC(F)(c3ccc(CCC)cc3)C=C2)cc1. The van der Waals surface area contributed by atoms with Crippen LogP contribution < -0.4 is 5.32 Å². The Morgan fingerprint density at radius 2 is 1.40 bits per heavy atom. The predicted octanol–water partition coefficient (Wildman–Crippen LogP) is 5.91. The van der Waals surface area contributed by atoms with Crippen molar-refractivity contribution in [2.45, 2.75) is 45.3 Å². The van der Waals surface area contributed by atoms with Gasteiger partial charge in [-0.25, -0.2) is 4.39 Å². The molecule has 130 valence electrons. The molecule has 0 saturated heterocycles. The number of alkyl halides is 1. The van der Waals surface area contributed by atoms with E-state index in [1.165, 1.54) is 11.1 Å². The number of dihydropyridines is 1. The summed E-state index contributed by atoms with van der Waals surface area (Å²) < 4.78 is 15.2. The fourth-order valence-electron chi connectivity index (χ4n) is 3.20. The second-order valence-corrected chi connectivity index (χ2v) is 6.68. The lowest BCUT2D eigenvalue weighted by Gasteiger charge is -2.27. The number of nitrogens with one attached hydrogen (secondary N) is 1. The van der Waals surface area contributed by atoms with E-state index in [9.17, 15) is 0 Å². The van der Waals surface area contributed by atoms with Gasteiger partial charge in [0.15, 0.2) is 0 Å². The average Bonchev–Trinajstić information content (AvgIpc) is 2.64. The van der Waals surface area contributed by atoms with Gasteiger partial charge in [0.05, 0.1) is 0 Å². The van der Waals surface area contributed by atoms with Gasteiger partial charge in [0.2, 0.25) is 5.79 Å². The average molecular weight is 335 g/mol. The largest absolute Gasteiger partial charge is 0.352 e. The molecule has 1 heterocycles. The molecule has 0 spiro atoms. The van der Waals surface area contributed by atoms with Crippen LogP contribution in [-0.2, 0) is 18.6 Å². The summed E-state index contributed by atoms with van der Waals surface area (Å²) in [5, 5.41) is 2.94. The molecule has 0 aliphatic carbocycles. The third kappa shape index (κ3) is 4.01. The Labute approximate surface area is 150 Å². The molecule has 2 aromatic carbocycles. The van der Waals surface area contributed by atoms with Crippen LogP contribution in [0.3, 0.4) is 0 Å². The molecule has 1 N–H and O–H groups in total. The Balaban J connectivity index is 1.73. The lowest BCUT2D eigenvalue weighted by molar-refractivity contribution is 0.200. The van der Waals surface area contributed by atoms with Gasteiger partial charge in [-0.2, -0.15) is 0 Å². The maximum Gasteiger partial charge on any atom is 0.225 e. The zero-order valence-corrected chi connectivity index (χ0v) is 15.1. The van der Waals surface area contributed by atoms with Crippen LogP contribution in [0.4, 0.5) is 4.39 Å². The number of rotatable bonds is 6. The smallest absolute Gasteiger partial charge is 0.225 e. The Bertz CT molecular complexity index is 756. The summed E-state index contributed by atoms with van der Waals surface area (Å²) in [6, 6.07) is 16.3. The van der Waals surface area contributed by atoms with E-state index < -0.39 is 5.79 Å². The van der Waals surface area contributed by atoms with E-state index in [0.717, 1.165) is 36.8 Å². The van der Waals surface area contributed by atoms with E-state index in [2.05, 4.69) is 43.4 Å². The fraction of sp³-hybridized carbons (Fsp3) is 0.304. The highest BCUT2D eigenvalue weighted by Crippen LogP contribution is 2.31. The summed E-state index contributed by atoms with van der Waals surface area (Å²) >= 11 is 0. The molecule has 0 bridgehead atoms. The van der Waals surface area contributed by atoms with Crippen molar-refractivity contribution in [1.29, 1.82) is 0 Å². The van der Waals surface area contributed by atoms with Crippen molar-refractivity contribution < 1.29 is 4.39 Å². The molecule has 2 heteroatoms. The van der Waals surface area contributed by atoms with Crippen molar-refractivity contribution >= 4 is 5.57 Å². The van der Waals surface area contributed by atoms with E-state index in [4.69, 9.17) is 0 Å². The zero-order chi connectivity index (χ0) is 17.7. The summed E-state index contributed by atoms with van der Waals surface area (Å²) in [5.41, 5.74) is 5.32. The number of benzene rings is 2. The first kappa shape index (κ1) is 17.5. The third-order valence-electron chi connectivity index (χ3n) is 4.67. The van der Waals surface area contributed by atoms with Crippen LogP contribution in [0.5, 0.6) is 0 Å². The molecular formula is C23H26FN. The minimum absolute atomic E-state index is 0.636. The van der Waals surface area contributed by atoms with Gasteiger partial charge in [-0.3, -0.25) is 0 Å². The molecule has 0 fully saturated rings. The van der Waals surface area contributed by atoms with Crippen LogP contribution in [0.15, 0.2) is 66.9 Å². The van der Waals surface area contributed by atoms with Gasteiger partial charge in [-0.1, -0.05) is 81.3 Å². The highest BCUT2D eigenvalue weighted by molar-refractivity contribution is 5.75. The molecule has 3 rings (SSSR count). The van der Waals surface area contributed by atoms with Crippen LogP contribution in [-0.4, -0.2) is 0 Å². The first-order chi connectivity index (χ1) is 12.1. The summed E-state index contributed by atoms with van der Waals surface area (Å²) in [5.74, 6) is -1.64. The lowest BCUT2D eigenvalue weighted by Crippen LogP contribution is -2.34. The van der Waals surface area contributed by atoms with Crippen molar-refractivity contribution in [3.05, 3.63) is 89.1 Å². The van der Waals surface area contributed by atoms with Gasteiger partial charge in [0.25, 0.3) is 0 Å². The molecule has 25 heavy (non-hydrogen) atoms. The minimum Gasteiger partial charge on any atom is -0.352 e. The standard InChI is InChI=1S/C23H26FN/c1-3-5-18-7-11-20(12-8-18)21-15-16-23(24,25-17-21)22-13-9-19(6-4-2)10-14-22/h7-17,25H,3-6H2,1-2H3. The molecule has 1 aliphatic rings. The minimum atomic E-state index is -1.64. The Morgan fingerprint density at radius 1 is 0.840 bits per heavy atom. The molecule has 1 unspecified atom stereocenters. The predicted molar refractivity (Wildman–Crippen MR) is 104 cm³/mol. The van der Waals surface area contributed by atoms with Crippen LogP contribution >= 0.6 is 0 Å². The number of halogens is 1. The summed E-state index contributed by atoms with van der Waals surface area (Å²) in [4.78, 5) is 0. The van der Waals surface area contributed by atoms with Gasteiger partial charge in [0.1, 0.15) is 0 Å². The highest BCUT2D eigenvalue weighted by atomic mass is 19.1. The molecular weight excluding hydrogens is 309 g/mol. The Hall–Kier alpha value is -2.35. The van der Waals surface area contributed by atoms with Gasteiger partial charge in [-0.15, -0.1) is 0 Å². The second kappa shape index (κ2) is 7.69. The highest BCUT2D eigenvalue weighted by Gasteiger charge is 2.29. The van der Waals surface area contributed by atoms with Gasteiger partial charge in [0, 0.05) is 11.8 Å². The van der Waals surface area contributed by atoms with Crippen molar-refractivity contribution in [3.8, 4) is 0 Å². The van der Waals surface area contributed by atoms with E-state index in [-0.39, 0.29) is 0 Å². The third-order valence-corrected chi connectivity index (χ3v) is 4.67. The zero-order valence-electron chi connectivity index (χ0n) is 15.1. The summed E-state index contributed by atoms with van der Waals surface area (Å²) in [7, 11) is 0. The van der Waals surface area contributed by atoms with Crippen LogP contribution in [0.1, 0.15) is 48.9 Å². The summed E-state index contributed by atoms with van der Waals surface area (Å²) in [6.45, 7) is 4.33. The van der Waals surface area contributed by atoms with E-state index >= 15 is 4.39 Å². The Kier molecular flexibility index (Phi) is 5.37. The molecule has 0 radical (unpaired) electrons. The summed E-state index contributed by atoms with van der Waals surface area (Å²) in [6.07, 6.45) is 9.61. The molecule has 0 aromatic heterocycles. The maximum atomic E-state index is 15.2. The van der Waals surface area contributed by atoms with Gasteiger partial charge >= 0.3 is 0 Å². The number of hydrogen-bond donors (Lipinski definition) is 1. The lowest BCUT2D eigenvalue weighted by atomic mass is 9.95. The molecule has 1 nitrogen and oxygen atoms in total. The molecule has 2 aromatic rings. The monoisotopic (exact) mass is 335 g/mol. The molecule has 0 amide bonds. The van der Waals surface area contributed by atoms with Crippen molar-refractivity contribution in [1.82, 2.24) is 5.32 Å². The van der Waals surface area contributed by atoms with Crippen molar-refractivity contribution in [2.24, 2.45) is 0 Å². The van der Waals surface area contributed by atoms with Crippen molar-refractivity contribution in [3.63, 3.8) is 0 Å². The van der Waals surface area contributed by atoms with Crippen LogP contribution in [0.25, 0.3) is 5.57 Å². The maximum absolute atomic E-state index is 15.2. The van der Waals surface area contributed by atoms with Crippen LogP contribution in [0, 0.1) is 0 Å². The quantitative estimate of drug-likeness (QED) is 0.647. The topological polar surface area (TPSA) is 12.0 Å². The van der Waals surface area contributed by atoms with Gasteiger partial charge in [-0.05, 0) is 41.2 Å². The van der Waals surface area contributed by atoms with Crippen molar-refractivity contribution in [2.75, 3.05) is 0 Å². The second-order valence-electron chi connectivity index (χ2n) is 6.68. The number of aryl methyl sites for hydroxylation is 2. The van der Waals surface area contributed by atoms with Crippen LogP contribution in [0.2, 0.25) is 0 Å². The molecule has 1 aliphatic heterocycles. The first-order valence-electron chi connectivity index (χ1n) is 9.19. The molecule has 0 saturated carbocycles. The fourth-order valence-corrected chi connectivity index (χ4v) is 3.20. The molecule has 1 atom stereocenters. The number of hydrogen-bond acceptors (Lipinski definition) is 1. The van der Waals surface area contributed by atoms with E-state index in [1.54, 1.807) is 12.3 Å². The Morgan fingerprint density at radius 3 is 1.88 bits per heavy atom. The normalized spacial score (nSPS) is 19.4. The number of allylic oxidation sites excluding steroid dienone is 2. The van der Waals surface area contributed by atoms with E-state index in [0.29, 0.717) is 5.56 Å².